The van der Waals surface area contributed by atoms with E-state index in [-0.39, 0.29) is 5.54 Å². The molecule has 1 saturated heterocycles. The lowest BCUT2D eigenvalue weighted by Crippen LogP contribution is -2.38. The Bertz CT molecular complexity index is 587. The maximum atomic E-state index is 4.67. The van der Waals surface area contributed by atoms with Crippen LogP contribution in [0.5, 0.6) is 0 Å². The number of hydrogen-bond donors (Lipinski definition) is 0. The minimum atomic E-state index is 0.241. The van der Waals surface area contributed by atoms with Gasteiger partial charge in [0.1, 0.15) is 5.82 Å². The number of anilines is 1. The average Bonchev–Trinajstić information content (AvgIpc) is 2.69. The van der Waals surface area contributed by atoms with Gasteiger partial charge in [0.2, 0.25) is 0 Å². The molecule has 2 nitrogen and oxygen atoms in total. The van der Waals surface area contributed by atoms with Crippen LogP contribution in [-0.4, -0.2) is 17.1 Å². The van der Waals surface area contributed by atoms with Gasteiger partial charge in [-0.25, -0.2) is 4.98 Å². The molecule has 0 amide bonds. The fraction of sp³-hybridized carbons (Fsp3) is 0.438. The molecule has 1 aliphatic rings. The van der Waals surface area contributed by atoms with Crippen LogP contribution in [0.2, 0.25) is 0 Å². The largest absolute Gasteiger partial charge is 0.351 e. The predicted molar refractivity (Wildman–Crippen MR) is 77.1 cm³/mol. The van der Waals surface area contributed by atoms with Crippen molar-refractivity contribution >= 4 is 16.6 Å². The number of aryl methyl sites for hydroxylation is 1. The van der Waals surface area contributed by atoms with Crippen LogP contribution in [0.4, 0.5) is 5.82 Å². The molecule has 2 heteroatoms. The van der Waals surface area contributed by atoms with Gasteiger partial charge in [-0.15, -0.1) is 0 Å². The van der Waals surface area contributed by atoms with Crippen LogP contribution in [0.3, 0.4) is 0 Å². The number of benzene rings is 1. The molecule has 0 spiro atoms. The predicted octanol–water partition coefficient (Wildman–Crippen LogP) is 3.92. The zero-order valence-electron chi connectivity index (χ0n) is 11.4. The van der Waals surface area contributed by atoms with Gasteiger partial charge in [0, 0.05) is 23.7 Å². The summed E-state index contributed by atoms with van der Waals surface area (Å²) in [6.07, 6.45) is 4.54. The van der Waals surface area contributed by atoms with Crippen molar-refractivity contribution in [3.05, 3.63) is 36.0 Å². The van der Waals surface area contributed by atoms with Gasteiger partial charge in [-0.3, -0.25) is 0 Å². The molecule has 94 valence electrons. The SMILES string of the molecule is Cc1cccc2cc(N3CCCC3(C)C)ncc12. The lowest BCUT2D eigenvalue weighted by Gasteiger charge is -2.32. The highest BCUT2D eigenvalue weighted by Gasteiger charge is 2.32. The Morgan fingerprint density at radius 3 is 2.83 bits per heavy atom. The maximum Gasteiger partial charge on any atom is 0.129 e. The molecule has 2 aromatic rings. The second kappa shape index (κ2) is 3.98. The highest BCUT2D eigenvalue weighted by molar-refractivity contribution is 5.86. The smallest absolute Gasteiger partial charge is 0.129 e. The van der Waals surface area contributed by atoms with E-state index in [1.807, 2.05) is 6.20 Å². The molecule has 0 saturated carbocycles. The highest BCUT2D eigenvalue weighted by atomic mass is 15.3. The van der Waals surface area contributed by atoms with Crippen molar-refractivity contribution in [2.75, 3.05) is 11.4 Å². The van der Waals surface area contributed by atoms with Crippen LogP contribution in [0.1, 0.15) is 32.3 Å². The Hall–Kier alpha value is -1.57. The molecule has 0 aliphatic carbocycles. The number of pyridine rings is 1. The average molecular weight is 240 g/mol. The lowest BCUT2D eigenvalue weighted by molar-refractivity contribution is 0.514. The van der Waals surface area contributed by atoms with Gasteiger partial charge in [-0.1, -0.05) is 18.2 Å². The van der Waals surface area contributed by atoms with Gasteiger partial charge in [0.25, 0.3) is 0 Å². The van der Waals surface area contributed by atoms with E-state index in [0.717, 1.165) is 12.4 Å². The molecule has 0 radical (unpaired) electrons. The molecule has 18 heavy (non-hydrogen) atoms. The molecular weight excluding hydrogens is 220 g/mol. The quantitative estimate of drug-likeness (QED) is 0.751. The monoisotopic (exact) mass is 240 g/mol. The van der Waals surface area contributed by atoms with E-state index in [0.29, 0.717) is 0 Å². The van der Waals surface area contributed by atoms with Gasteiger partial charge in [0.05, 0.1) is 0 Å². The van der Waals surface area contributed by atoms with E-state index in [2.05, 4.69) is 54.9 Å². The topological polar surface area (TPSA) is 16.1 Å². The Balaban J connectivity index is 2.09. The van der Waals surface area contributed by atoms with E-state index in [1.165, 1.54) is 29.2 Å². The molecule has 2 heterocycles. The third-order valence-corrected chi connectivity index (χ3v) is 4.15. The zero-order chi connectivity index (χ0) is 12.8. The molecular formula is C16H20N2. The summed E-state index contributed by atoms with van der Waals surface area (Å²) in [5.41, 5.74) is 1.54. The van der Waals surface area contributed by atoms with Crippen molar-refractivity contribution in [3.8, 4) is 0 Å². The summed E-state index contributed by atoms with van der Waals surface area (Å²) in [4.78, 5) is 7.11. The molecule has 0 atom stereocenters. The summed E-state index contributed by atoms with van der Waals surface area (Å²) in [7, 11) is 0. The molecule has 0 unspecified atom stereocenters. The van der Waals surface area contributed by atoms with E-state index in [9.17, 15) is 0 Å². The molecule has 1 fully saturated rings. The van der Waals surface area contributed by atoms with Crippen molar-refractivity contribution in [1.29, 1.82) is 0 Å². The summed E-state index contributed by atoms with van der Waals surface area (Å²) in [5, 5.41) is 2.56. The van der Waals surface area contributed by atoms with Gasteiger partial charge >= 0.3 is 0 Å². The minimum absolute atomic E-state index is 0.241. The number of hydrogen-bond acceptors (Lipinski definition) is 2. The first-order valence-electron chi connectivity index (χ1n) is 6.71. The zero-order valence-corrected chi connectivity index (χ0v) is 11.4. The molecule has 1 aliphatic heterocycles. The van der Waals surface area contributed by atoms with Crippen LogP contribution >= 0.6 is 0 Å². The summed E-state index contributed by atoms with van der Waals surface area (Å²) >= 11 is 0. The Morgan fingerprint density at radius 2 is 2.11 bits per heavy atom. The van der Waals surface area contributed by atoms with Crippen molar-refractivity contribution in [3.63, 3.8) is 0 Å². The lowest BCUT2D eigenvalue weighted by atomic mass is 10.0. The second-order valence-corrected chi connectivity index (χ2v) is 5.91. The molecule has 0 bridgehead atoms. The van der Waals surface area contributed by atoms with Crippen LogP contribution in [0.15, 0.2) is 30.5 Å². The first-order valence-corrected chi connectivity index (χ1v) is 6.71. The summed E-state index contributed by atoms with van der Waals surface area (Å²) < 4.78 is 0. The fourth-order valence-electron chi connectivity index (χ4n) is 2.99. The third kappa shape index (κ3) is 1.76. The van der Waals surface area contributed by atoms with E-state index < -0.39 is 0 Å². The minimum Gasteiger partial charge on any atom is -0.351 e. The highest BCUT2D eigenvalue weighted by Crippen LogP contribution is 2.33. The maximum absolute atomic E-state index is 4.67. The van der Waals surface area contributed by atoms with Crippen LogP contribution in [-0.2, 0) is 0 Å². The van der Waals surface area contributed by atoms with Gasteiger partial charge in [0.15, 0.2) is 0 Å². The van der Waals surface area contributed by atoms with E-state index in [1.54, 1.807) is 0 Å². The van der Waals surface area contributed by atoms with Gasteiger partial charge < -0.3 is 4.90 Å². The van der Waals surface area contributed by atoms with Crippen LogP contribution < -0.4 is 4.90 Å². The Labute approximate surface area is 109 Å². The molecule has 3 rings (SSSR count). The van der Waals surface area contributed by atoms with Crippen molar-refractivity contribution in [2.24, 2.45) is 0 Å². The number of fused-ring (bicyclic) bond motifs is 1. The molecule has 1 aromatic heterocycles. The van der Waals surface area contributed by atoms with Crippen molar-refractivity contribution < 1.29 is 0 Å². The summed E-state index contributed by atoms with van der Waals surface area (Å²) in [6, 6.07) is 8.67. The Morgan fingerprint density at radius 1 is 1.28 bits per heavy atom. The number of rotatable bonds is 1. The standard InChI is InChI=1S/C16H20N2/c1-12-6-4-7-13-10-15(17-11-14(12)13)18-9-5-8-16(18,2)3/h4,6-7,10-11H,5,8-9H2,1-3H3. The number of nitrogens with zero attached hydrogens (tertiary/aromatic N) is 2. The second-order valence-electron chi connectivity index (χ2n) is 5.91. The van der Waals surface area contributed by atoms with Crippen LogP contribution in [0.25, 0.3) is 10.8 Å². The van der Waals surface area contributed by atoms with E-state index >= 15 is 0 Å². The Kier molecular flexibility index (Phi) is 2.54. The molecule has 1 aromatic carbocycles. The third-order valence-electron chi connectivity index (χ3n) is 4.15. The first kappa shape index (κ1) is 11.5. The summed E-state index contributed by atoms with van der Waals surface area (Å²) in [5.74, 6) is 1.12. The van der Waals surface area contributed by atoms with Crippen molar-refractivity contribution in [1.82, 2.24) is 4.98 Å². The fourth-order valence-corrected chi connectivity index (χ4v) is 2.99. The molecule has 0 N–H and O–H groups in total. The normalized spacial score (nSPS) is 18.5. The van der Waals surface area contributed by atoms with Gasteiger partial charge in [-0.2, -0.15) is 0 Å². The van der Waals surface area contributed by atoms with E-state index in [4.69, 9.17) is 0 Å². The first-order chi connectivity index (χ1) is 8.58. The van der Waals surface area contributed by atoms with Crippen LogP contribution in [0, 0.1) is 6.92 Å². The van der Waals surface area contributed by atoms with Crippen molar-refractivity contribution in [2.45, 2.75) is 39.2 Å². The number of aromatic nitrogens is 1. The van der Waals surface area contributed by atoms with Gasteiger partial charge in [-0.05, 0) is 50.6 Å². The summed E-state index contributed by atoms with van der Waals surface area (Å²) in [6.45, 7) is 7.88.